The molecule has 104 valence electrons. The highest BCUT2D eigenvalue weighted by Crippen LogP contribution is 2.32. The van der Waals surface area contributed by atoms with Crippen LogP contribution in [0.15, 0.2) is 12.1 Å². The van der Waals surface area contributed by atoms with Crippen molar-refractivity contribution in [2.24, 2.45) is 11.8 Å². The van der Waals surface area contributed by atoms with Crippen LogP contribution in [0, 0.1) is 22.0 Å². The molecule has 1 aromatic rings. The molecule has 4 N–H and O–H groups in total. The third kappa shape index (κ3) is 3.11. The van der Waals surface area contributed by atoms with Crippen LogP contribution in [0.3, 0.4) is 0 Å². The average Bonchev–Trinajstić information content (AvgIpc) is 2.83. The van der Waals surface area contributed by atoms with Gasteiger partial charge in [0, 0.05) is 19.2 Å². The lowest BCUT2D eigenvalue weighted by Gasteiger charge is -2.18. The van der Waals surface area contributed by atoms with Gasteiger partial charge in [0.15, 0.2) is 0 Å². The molecule has 7 heteroatoms. The monoisotopic (exact) mass is 266 g/mol. The van der Waals surface area contributed by atoms with Gasteiger partial charge in [0.2, 0.25) is 5.82 Å². The van der Waals surface area contributed by atoms with Crippen molar-refractivity contribution >= 4 is 17.3 Å². The minimum absolute atomic E-state index is 0.0762. The number of aromatic nitrogens is 1. The molecule has 1 fully saturated rings. The summed E-state index contributed by atoms with van der Waals surface area (Å²) < 4.78 is 0. The van der Waals surface area contributed by atoms with Crippen LogP contribution in [0.4, 0.5) is 17.3 Å². The Kier molecular flexibility index (Phi) is 4.16. The number of nitrogen functional groups attached to an aromatic ring is 1. The maximum Gasteiger partial charge on any atom is 0.311 e. The number of hydrogen-bond donors (Lipinski definition) is 3. The normalized spacial score (nSPS) is 22.4. The van der Waals surface area contributed by atoms with Crippen molar-refractivity contribution in [2.75, 3.05) is 24.2 Å². The fourth-order valence-corrected chi connectivity index (χ4v) is 2.59. The molecule has 0 radical (unpaired) electrons. The van der Waals surface area contributed by atoms with Gasteiger partial charge in [-0.15, -0.1) is 0 Å². The first kappa shape index (κ1) is 13.5. The Morgan fingerprint density at radius 2 is 2.21 bits per heavy atom. The second kappa shape index (κ2) is 5.83. The van der Waals surface area contributed by atoms with E-state index in [1.807, 2.05) is 0 Å². The number of nitrogens with two attached hydrogens (primary N) is 1. The van der Waals surface area contributed by atoms with Crippen LogP contribution in [0.25, 0.3) is 0 Å². The van der Waals surface area contributed by atoms with E-state index in [-0.39, 0.29) is 29.8 Å². The Labute approximate surface area is 111 Å². The summed E-state index contributed by atoms with van der Waals surface area (Å²) in [6.45, 7) is 0.737. The van der Waals surface area contributed by atoms with Gasteiger partial charge in [0.1, 0.15) is 5.82 Å². The number of nitrogens with one attached hydrogen (secondary N) is 1. The van der Waals surface area contributed by atoms with Gasteiger partial charge in [0.25, 0.3) is 0 Å². The number of pyridine rings is 1. The summed E-state index contributed by atoms with van der Waals surface area (Å²) in [7, 11) is 0. The molecule has 0 saturated heterocycles. The zero-order chi connectivity index (χ0) is 13.8. The number of nitro groups is 1. The van der Waals surface area contributed by atoms with E-state index < -0.39 is 4.92 Å². The summed E-state index contributed by atoms with van der Waals surface area (Å²) >= 11 is 0. The molecule has 1 aliphatic carbocycles. The maximum atomic E-state index is 10.9. The minimum atomic E-state index is -0.479. The van der Waals surface area contributed by atoms with E-state index in [0.29, 0.717) is 12.5 Å². The first-order valence-corrected chi connectivity index (χ1v) is 6.37. The van der Waals surface area contributed by atoms with Gasteiger partial charge in [-0.05, 0) is 30.7 Å². The van der Waals surface area contributed by atoms with E-state index in [2.05, 4.69) is 10.3 Å². The number of nitrogens with zero attached hydrogens (tertiary/aromatic N) is 2. The molecule has 0 aliphatic heterocycles. The van der Waals surface area contributed by atoms with E-state index >= 15 is 0 Å². The lowest BCUT2D eigenvalue weighted by atomic mass is 9.97. The van der Waals surface area contributed by atoms with E-state index in [1.165, 1.54) is 12.1 Å². The van der Waals surface area contributed by atoms with Crippen LogP contribution in [0.5, 0.6) is 0 Å². The summed E-state index contributed by atoms with van der Waals surface area (Å²) in [5.74, 6) is 1.05. The molecule has 0 bridgehead atoms. The number of aliphatic hydroxyl groups is 1. The Morgan fingerprint density at radius 1 is 1.47 bits per heavy atom. The molecule has 2 atom stereocenters. The molecule has 7 nitrogen and oxygen atoms in total. The minimum Gasteiger partial charge on any atom is -0.396 e. The Bertz CT molecular complexity index is 466. The van der Waals surface area contributed by atoms with Crippen LogP contribution >= 0.6 is 0 Å². The van der Waals surface area contributed by atoms with Gasteiger partial charge in [-0.2, -0.15) is 0 Å². The van der Waals surface area contributed by atoms with E-state index in [1.54, 1.807) is 0 Å². The SMILES string of the molecule is Nc1ccc([N+](=O)[O-])c(NCC2CCCC2CO)n1. The molecule has 19 heavy (non-hydrogen) atoms. The van der Waals surface area contributed by atoms with E-state index in [9.17, 15) is 15.2 Å². The van der Waals surface area contributed by atoms with Gasteiger partial charge < -0.3 is 16.2 Å². The molecule has 1 heterocycles. The number of aliphatic hydroxyl groups excluding tert-OH is 1. The van der Waals surface area contributed by atoms with E-state index in [0.717, 1.165) is 19.3 Å². The van der Waals surface area contributed by atoms with Crippen molar-refractivity contribution in [1.82, 2.24) is 4.98 Å². The molecule has 2 unspecified atom stereocenters. The van der Waals surface area contributed by atoms with Crippen LogP contribution in [0.2, 0.25) is 0 Å². The van der Waals surface area contributed by atoms with Crippen molar-refractivity contribution in [3.8, 4) is 0 Å². The molecule has 0 spiro atoms. The summed E-state index contributed by atoms with van der Waals surface area (Å²) in [6, 6.07) is 2.76. The second-order valence-corrected chi connectivity index (χ2v) is 4.88. The largest absolute Gasteiger partial charge is 0.396 e. The van der Waals surface area contributed by atoms with Crippen molar-refractivity contribution in [2.45, 2.75) is 19.3 Å². The summed E-state index contributed by atoms with van der Waals surface area (Å²) in [5.41, 5.74) is 5.47. The fraction of sp³-hybridized carbons (Fsp3) is 0.583. The molecule has 1 aromatic heterocycles. The molecule has 0 aromatic carbocycles. The Balaban J connectivity index is 2.06. The molecule has 2 rings (SSSR count). The Morgan fingerprint density at radius 3 is 2.89 bits per heavy atom. The van der Waals surface area contributed by atoms with Crippen LogP contribution < -0.4 is 11.1 Å². The quantitative estimate of drug-likeness (QED) is 0.548. The van der Waals surface area contributed by atoms with Gasteiger partial charge in [-0.25, -0.2) is 4.98 Å². The van der Waals surface area contributed by atoms with Crippen molar-refractivity contribution in [3.05, 3.63) is 22.2 Å². The second-order valence-electron chi connectivity index (χ2n) is 4.88. The first-order chi connectivity index (χ1) is 9.11. The third-order valence-electron chi connectivity index (χ3n) is 3.67. The average molecular weight is 266 g/mol. The van der Waals surface area contributed by atoms with Crippen LogP contribution in [0.1, 0.15) is 19.3 Å². The van der Waals surface area contributed by atoms with Gasteiger partial charge in [-0.3, -0.25) is 10.1 Å². The van der Waals surface area contributed by atoms with Crippen LogP contribution in [-0.4, -0.2) is 28.2 Å². The topological polar surface area (TPSA) is 114 Å². The number of hydrogen-bond acceptors (Lipinski definition) is 6. The standard InChI is InChI=1S/C12H18N4O3/c13-11-5-4-10(16(18)19)12(15-11)14-6-8-2-1-3-9(8)7-17/h4-5,8-9,17H,1-3,6-7H2,(H3,13,14,15). The maximum absolute atomic E-state index is 10.9. The third-order valence-corrected chi connectivity index (χ3v) is 3.67. The predicted molar refractivity (Wildman–Crippen MR) is 71.7 cm³/mol. The highest BCUT2D eigenvalue weighted by atomic mass is 16.6. The van der Waals surface area contributed by atoms with Gasteiger partial charge in [0.05, 0.1) is 4.92 Å². The molecule has 1 aliphatic rings. The molecule has 1 saturated carbocycles. The van der Waals surface area contributed by atoms with Gasteiger partial charge in [-0.1, -0.05) is 6.42 Å². The molecular weight excluding hydrogens is 248 g/mol. The fourth-order valence-electron chi connectivity index (χ4n) is 2.59. The molecular formula is C12H18N4O3. The molecule has 0 amide bonds. The van der Waals surface area contributed by atoms with E-state index in [4.69, 9.17) is 5.73 Å². The smallest absolute Gasteiger partial charge is 0.311 e. The number of anilines is 2. The van der Waals surface area contributed by atoms with Crippen molar-refractivity contribution < 1.29 is 10.0 Å². The first-order valence-electron chi connectivity index (χ1n) is 6.37. The zero-order valence-electron chi connectivity index (χ0n) is 10.6. The highest BCUT2D eigenvalue weighted by Gasteiger charge is 2.27. The summed E-state index contributed by atoms with van der Waals surface area (Å²) in [6.07, 6.45) is 3.12. The number of rotatable bonds is 5. The van der Waals surface area contributed by atoms with Crippen molar-refractivity contribution in [1.29, 1.82) is 0 Å². The summed E-state index contributed by atoms with van der Waals surface area (Å²) in [5, 5.41) is 23.1. The summed E-state index contributed by atoms with van der Waals surface area (Å²) in [4.78, 5) is 14.4. The van der Waals surface area contributed by atoms with Crippen LogP contribution in [-0.2, 0) is 0 Å². The lowest BCUT2D eigenvalue weighted by molar-refractivity contribution is -0.384. The Hall–Kier alpha value is -1.89. The lowest BCUT2D eigenvalue weighted by Crippen LogP contribution is -2.21. The zero-order valence-corrected chi connectivity index (χ0v) is 10.6. The predicted octanol–water partition coefficient (Wildman–Crippen LogP) is 1.39. The van der Waals surface area contributed by atoms with Gasteiger partial charge >= 0.3 is 5.69 Å². The van der Waals surface area contributed by atoms with Crippen molar-refractivity contribution in [3.63, 3.8) is 0 Å². The highest BCUT2D eigenvalue weighted by molar-refractivity contribution is 5.59.